The van der Waals surface area contributed by atoms with Crippen LogP contribution in [0.5, 0.6) is 0 Å². The van der Waals surface area contributed by atoms with Crippen LogP contribution in [0.15, 0.2) is 85.1 Å². The Morgan fingerprint density at radius 2 is 1.80 bits per heavy atom. The van der Waals surface area contributed by atoms with Crippen molar-refractivity contribution in [1.29, 1.82) is 0 Å². The van der Waals surface area contributed by atoms with E-state index in [-0.39, 0.29) is 0 Å². The molecule has 0 spiro atoms. The monoisotopic (exact) mass is 326 g/mol. The molecule has 3 rings (SSSR count). The van der Waals surface area contributed by atoms with Crippen LogP contribution in [-0.4, -0.2) is 9.97 Å². The van der Waals surface area contributed by atoms with E-state index in [0.717, 1.165) is 50.6 Å². The van der Waals surface area contributed by atoms with Crippen LogP contribution >= 0.6 is 0 Å². The molecule has 0 saturated heterocycles. The zero-order valence-electron chi connectivity index (χ0n) is 14.8. The summed E-state index contributed by atoms with van der Waals surface area (Å²) in [4.78, 5) is 9.42. The molecule has 0 atom stereocenters. The van der Waals surface area contributed by atoms with Gasteiger partial charge in [-0.25, -0.2) is 4.98 Å². The summed E-state index contributed by atoms with van der Waals surface area (Å²) in [5, 5.41) is 2.18. The van der Waals surface area contributed by atoms with E-state index < -0.39 is 0 Å². The number of rotatable bonds is 5. The zero-order valence-corrected chi connectivity index (χ0v) is 14.8. The van der Waals surface area contributed by atoms with E-state index in [2.05, 4.69) is 68.4 Å². The number of allylic oxidation sites excluding steroid dienone is 6. The molecule has 0 aliphatic heterocycles. The molecule has 0 radical (unpaired) electrons. The minimum Gasteiger partial charge on any atom is -0.254 e. The highest BCUT2D eigenvalue weighted by Gasteiger charge is 2.09. The first-order chi connectivity index (χ1) is 12.2. The first-order valence-electron chi connectivity index (χ1n) is 8.49. The molecule has 1 aromatic carbocycles. The fraction of sp³-hybridized carbons (Fsp3) is 0.130. The second kappa shape index (κ2) is 7.27. The van der Waals surface area contributed by atoms with E-state index >= 15 is 0 Å². The van der Waals surface area contributed by atoms with E-state index in [1.807, 2.05) is 24.4 Å². The molecule has 124 valence electrons. The molecule has 25 heavy (non-hydrogen) atoms. The van der Waals surface area contributed by atoms with Crippen molar-refractivity contribution in [3.63, 3.8) is 0 Å². The molecule has 0 fully saturated rings. The predicted molar refractivity (Wildman–Crippen MR) is 108 cm³/mol. The largest absolute Gasteiger partial charge is 0.254 e. The molecule has 0 aliphatic carbocycles. The van der Waals surface area contributed by atoms with Crippen LogP contribution < -0.4 is 0 Å². The van der Waals surface area contributed by atoms with Gasteiger partial charge in [0.25, 0.3) is 0 Å². The SMILES string of the molecule is C=C/C(=C(/C)C(=C)/C=C\CC)c1ccc2ccc3cccnc3c2n1. The molecular weight excluding hydrogens is 304 g/mol. The second-order valence-corrected chi connectivity index (χ2v) is 5.99. The molecule has 0 unspecified atom stereocenters. The van der Waals surface area contributed by atoms with Gasteiger partial charge in [0, 0.05) is 22.5 Å². The number of nitrogens with zero attached hydrogens (tertiary/aromatic N) is 2. The minimum absolute atomic E-state index is 0.893. The maximum Gasteiger partial charge on any atom is 0.0972 e. The van der Waals surface area contributed by atoms with Crippen LogP contribution in [0, 0.1) is 0 Å². The summed E-state index contributed by atoms with van der Waals surface area (Å²) >= 11 is 0. The van der Waals surface area contributed by atoms with Gasteiger partial charge in [0.15, 0.2) is 0 Å². The number of hydrogen-bond donors (Lipinski definition) is 0. The van der Waals surface area contributed by atoms with Gasteiger partial charge in [0.1, 0.15) is 0 Å². The van der Waals surface area contributed by atoms with Crippen LogP contribution in [0.1, 0.15) is 26.0 Å². The normalized spacial score (nSPS) is 12.6. The highest BCUT2D eigenvalue weighted by atomic mass is 14.8. The third-order valence-corrected chi connectivity index (χ3v) is 4.35. The van der Waals surface area contributed by atoms with E-state index in [0.29, 0.717) is 0 Å². The summed E-state index contributed by atoms with van der Waals surface area (Å²) < 4.78 is 0. The van der Waals surface area contributed by atoms with E-state index in [4.69, 9.17) is 4.98 Å². The molecule has 0 amide bonds. The fourth-order valence-electron chi connectivity index (χ4n) is 2.88. The van der Waals surface area contributed by atoms with Gasteiger partial charge < -0.3 is 0 Å². The van der Waals surface area contributed by atoms with Crippen LogP contribution in [0.4, 0.5) is 0 Å². The standard InChI is InChI=1S/C23H22N2/c1-5-7-9-16(3)17(4)20(6-2)21-14-13-19-12-11-18-10-8-15-24-22(18)23(19)25-21/h6-15H,2-3,5H2,1,4H3/b9-7-,20-17+. The smallest absolute Gasteiger partial charge is 0.0972 e. The average Bonchev–Trinajstić information content (AvgIpc) is 2.66. The Hall–Kier alpha value is -3.00. The summed E-state index contributed by atoms with van der Waals surface area (Å²) in [5.74, 6) is 0. The Morgan fingerprint density at radius 3 is 2.52 bits per heavy atom. The third kappa shape index (κ3) is 3.29. The summed E-state index contributed by atoms with van der Waals surface area (Å²) in [5.41, 5.74) is 5.80. The highest BCUT2D eigenvalue weighted by Crippen LogP contribution is 2.27. The molecule has 0 aliphatic rings. The lowest BCUT2D eigenvalue weighted by atomic mass is 9.98. The Kier molecular flexibility index (Phi) is 4.90. The van der Waals surface area contributed by atoms with E-state index in [1.54, 1.807) is 0 Å². The highest BCUT2D eigenvalue weighted by molar-refractivity contribution is 6.03. The van der Waals surface area contributed by atoms with Crippen molar-refractivity contribution in [3.8, 4) is 0 Å². The molecule has 2 nitrogen and oxygen atoms in total. The quantitative estimate of drug-likeness (QED) is 0.408. The Balaban J connectivity index is 2.20. The number of aromatic nitrogens is 2. The molecule has 3 aromatic rings. The van der Waals surface area contributed by atoms with Crippen molar-refractivity contribution in [2.75, 3.05) is 0 Å². The van der Waals surface area contributed by atoms with Crippen LogP contribution in [-0.2, 0) is 0 Å². The van der Waals surface area contributed by atoms with Crippen molar-refractivity contribution in [1.82, 2.24) is 9.97 Å². The number of benzene rings is 1. The average molecular weight is 326 g/mol. The Bertz CT molecular complexity index is 1020. The van der Waals surface area contributed by atoms with E-state index in [1.165, 1.54) is 0 Å². The summed E-state index contributed by atoms with van der Waals surface area (Å²) in [7, 11) is 0. The van der Waals surface area contributed by atoms with Gasteiger partial charge >= 0.3 is 0 Å². The Morgan fingerprint density at radius 1 is 1.08 bits per heavy atom. The Labute approximate surface area is 148 Å². The molecule has 2 heteroatoms. The summed E-state index contributed by atoms with van der Waals surface area (Å²) in [6.07, 6.45) is 8.81. The number of hydrogen-bond acceptors (Lipinski definition) is 2. The van der Waals surface area contributed by atoms with Gasteiger partial charge in [-0.1, -0.05) is 62.6 Å². The molecule has 0 bridgehead atoms. The van der Waals surface area contributed by atoms with Crippen molar-refractivity contribution in [2.24, 2.45) is 0 Å². The topological polar surface area (TPSA) is 25.8 Å². The van der Waals surface area contributed by atoms with Crippen LogP contribution in [0.3, 0.4) is 0 Å². The maximum absolute atomic E-state index is 4.90. The lowest BCUT2D eigenvalue weighted by Gasteiger charge is -2.10. The molecule has 0 saturated carbocycles. The third-order valence-electron chi connectivity index (χ3n) is 4.35. The summed E-state index contributed by atoms with van der Waals surface area (Å²) in [6, 6.07) is 12.3. The van der Waals surface area contributed by atoms with Crippen LogP contribution in [0.2, 0.25) is 0 Å². The fourth-order valence-corrected chi connectivity index (χ4v) is 2.88. The second-order valence-electron chi connectivity index (χ2n) is 5.99. The van der Waals surface area contributed by atoms with Gasteiger partial charge in [0.2, 0.25) is 0 Å². The van der Waals surface area contributed by atoms with Crippen molar-refractivity contribution < 1.29 is 0 Å². The minimum atomic E-state index is 0.893. The van der Waals surface area contributed by atoms with Crippen LogP contribution in [0.25, 0.3) is 27.4 Å². The molecule has 2 heterocycles. The van der Waals surface area contributed by atoms with Crippen molar-refractivity contribution in [2.45, 2.75) is 20.3 Å². The molecule has 0 N–H and O–H groups in total. The van der Waals surface area contributed by atoms with Gasteiger partial charge in [-0.05, 0) is 36.6 Å². The number of fused-ring (bicyclic) bond motifs is 3. The molecule has 2 aromatic heterocycles. The first-order valence-corrected chi connectivity index (χ1v) is 8.49. The van der Waals surface area contributed by atoms with Gasteiger partial charge in [-0.15, -0.1) is 0 Å². The number of pyridine rings is 2. The molecular formula is C23H22N2. The lowest BCUT2D eigenvalue weighted by molar-refractivity contribution is 1.22. The van der Waals surface area contributed by atoms with Crippen molar-refractivity contribution >= 4 is 27.4 Å². The van der Waals surface area contributed by atoms with E-state index in [9.17, 15) is 0 Å². The van der Waals surface area contributed by atoms with Gasteiger partial charge in [0.05, 0.1) is 16.7 Å². The van der Waals surface area contributed by atoms with Gasteiger partial charge in [-0.3, -0.25) is 4.98 Å². The van der Waals surface area contributed by atoms with Gasteiger partial charge in [-0.2, -0.15) is 0 Å². The van der Waals surface area contributed by atoms with Crippen molar-refractivity contribution in [3.05, 3.63) is 90.8 Å². The first kappa shape index (κ1) is 16.8. The maximum atomic E-state index is 4.90. The predicted octanol–water partition coefficient (Wildman–Crippen LogP) is 6.26. The summed E-state index contributed by atoms with van der Waals surface area (Å²) in [6.45, 7) is 12.3. The zero-order chi connectivity index (χ0) is 17.8. The lowest BCUT2D eigenvalue weighted by Crippen LogP contribution is -1.94.